The number of esters is 1. The first kappa shape index (κ1) is 19.8. The molecule has 0 N–H and O–H groups in total. The van der Waals surface area contributed by atoms with E-state index in [4.69, 9.17) is 4.74 Å². The highest BCUT2D eigenvalue weighted by molar-refractivity contribution is 5.79. The number of hydrogen-bond donors (Lipinski definition) is 0. The number of piperidine rings is 1. The molecular formula is C21H30N6O2. The molecule has 156 valence electrons. The maximum Gasteiger partial charge on any atom is 0.312 e. The van der Waals surface area contributed by atoms with E-state index in [0.717, 1.165) is 69.3 Å². The zero-order valence-electron chi connectivity index (χ0n) is 17.5. The number of nitrogens with zero attached hydrogens (tertiary/aromatic N) is 6. The molecule has 8 nitrogen and oxygen atoms in total. The van der Waals surface area contributed by atoms with Gasteiger partial charge in [-0.05, 0) is 32.0 Å². The Morgan fingerprint density at radius 1 is 1.31 bits per heavy atom. The van der Waals surface area contributed by atoms with Crippen LogP contribution in [0.3, 0.4) is 0 Å². The molecular weight excluding hydrogens is 368 g/mol. The molecule has 0 saturated carbocycles. The van der Waals surface area contributed by atoms with Gasteiger partial charge in [-0.1, -0.05) is 13.0 Å². The summed E-state index contributed by atoms with van der Waals surface area (Å²) in [6.07, 6.45) is 4.99. The van der Waals surface area contributed by atoms with Crippen molar-refractivity contribution in [3.05, 3.63) is 35.9 Å². The van der Waals surface area contributed by atoms with Gasteiger partial charge < -0.3 is 9.64 Å². The first-order chi connectivity index (χ1) is 14.0. The molecule has 29 heavy (non-hydrogen) atoms. The lowest BCUT2D eigenvalue weighted by Gasteiger charge is -2.36. The van der Waals surface area contributed by atoms with Crippen LogP contribution in [0, 0.1) is 5.41 Å². The van der Waals surface area contributed by atoms with Crippen molar-refractivity contribution in [1.29, 1.82) is 0 Å². The molecule has 2 aliphatic rings. The first-order valence-corrected chi connectivity index (χ1v) is 10.4. The Hall–Kier alpha value is -2.48. The molecule has 2 aliphatic heterocycles. The summed E-state index contributed by atoms with van der Waals surface area (Å²) in [5.41, 5.74) is 0.677. The van der Waals surface area contributed by atoms with Crippen LogP contribution in [0.2, 0.25) is 0 Å². The summed E-state index contributed by atoms with van der Waals surface area (Å²) in [6, 6.07) is 5.93. The Morgan fingerprint density at radius 2 is 2.10 bits per heavy atom. The molecule has 2 saturated heterocycles. The molecule has 1 atom stereocenters. The molecule has 4 rings (SSSR count). The third kappa shape index (κ3) is 4.12. The number of aryl methyl sites for hydroxylation is 2. The largest absolute Gasteiger partial charge is 0.461 e. The predicted octanol–water partition coefficient (Wildman–Crippen LogP) is 1.81. The van der Waals surface area contributed by atoms with E-state index in [1.807, 2.05) is 36.1 Å². The van der Waals surface area contributed by atoms with Crippen molar-refractivity contribution in [2.75, 3.05) is 31.6 Å². The van der Waals surface area contributed by atoms with Gasteiger partial charge in [-0.2, -0.15) is 10.1 Å². The minimum atomic E-state index is -0.348. The highest BCUT2D eigenvalue weighted by Gasteiger charge is 2.50. The van der Waals surface area contributed by atoms with Crippen molar-refractivity contribution in [2.24, 2.45) is 12.5 Å². The number of likely N-dealkylation sites (N-methyl/N-ethyl adjacent to an activating group) is 1. The summed E-state index contributed by atoms with van der Waals surface area (Å²) in [5.74, 6) is 1.73. The van der Waals surface area contributed by atoms with Gasteiger partial charge in [0.1, 0.15) is 6.10 Å². The molecule has 1 unspecified atom stereocenters. The quantitative estimate of drug-likeness (QED) is 0.687. The van der Waals surface area contributed by atoms with E-state index in [-0.39, 0.29) is 17.5 Å². The molecule has 4 heterocycles. The van der Waals surface area contributed by atoms with Crippen molar-refractivity contribution in [3.63, 3.8) is 0 Å². The van der Waals surface area contributed by atoms with Gasteiger partial charge in [0.15, 0.2) is 5.82 Å². The lowest BCUT2D eigenvalue weighted by molar-refractivity contribution is -0.150. The van der Waals surface area contributed by atoms with Crippen molar-refractivity contribution in [1.82, 2.24) is 24.6 Å². The van der Waals surface area contributed by atoms with E-state index in [1.165, 1.54) is 0 Å². The van der Waals surface area contributed by atoms with Crippen molar-refractivity contribution in [3.8, 4) is 0 Å². The summed E-state index contributed by atoms with van der Waals surface area (Å²) < 4.78 is 7.64. The average molecular weight is 399 g/mol. The summed E-state index contributed by atoms with van der Waals surface area (Å²) in [5, 5.41) is 4.45. The van der Waals surface area contributed by atoms with Gasteiger partial charge in [0.2, 0.25) is 5.95 Å². The number of aromatic nitrogens is 4. The third-order valence-electron chi connectivity index (χ3n) is 6.10. The maximum atomic E-state index is 12.8. The fourth-order valence-corrected chi connectivity index (χ4v) is 4.52. The van der Waals surface area contributed by atoms with Gasteiger partial charge in [0.05, 0.1) is 11.1 Å². The van der Waals surface area contributed by atoms with Crippen LogP contribution in [0.25, 0.3) is 0 Å². The second-order valence-electron chi connectivity index (χ2n) is 8.32. The summed E-state index contributed by atoms with van der Waals surface area (Å²) in [4.78, 5) is 26.2. The van der Waals surface area contributed by atoms with Gasteiger partial charge in [-0.25, -0.2) is 4.68 Å². The van der Waals surface area contributed by atoms with E-state index in [0.29, 0.717) is 0 Å². The van der Waals surface area contributed by atoms with Gasteiger partial charge in [0.25, 0.3) is 0 Å². The molecule has 2 aromatic rings. The number of pyridine rings is 1. The number of anilines is 1. The van der Waals surface area contributed by atoms with E-state index >= 15 is 0 Å². The molecule has 1 spiro atoms. The molecule has 2 aromatic heterocycles. The highest BCUT2D eigenvalue weighted by Crippen LogP contribution is 2.43. The van der Waals surface area contributed by atoms with Crippen LogP contribution in [0.5, 0.6) is 0 Å². The third-order valence-corrected chi connectivity index (χ3v) is 6.10. The van der Waals surface area contributed by atoms with Gasteiger partial charge in [-0.3, -0.25) is 14.7 Å². The van der Waals surface area contributed by atoms with Gasteiger partial charge in [0, 0.05) is 52.3 Å². The molecule has 2 fully saturated rings. The fourth-order valence-electron chi connectivity index (χ4n) is 4.52. The van der Waals surface area contributed by atoms with Gasteiger partial charge >= 0.3 is 5.97 Å². The Kier molecular flexibility index (Phi) is 5.54. The average Bonchev–Trinajstić information content (AvgIpc) is 3.23. The minimum absolute atomic E-state index is 0.0272. The van der Waals surface area contributed by atoms with Crippen LogP contribution in [-0.2, 0) is 29.5 Å². The normalized spacial score (nSPS) is 21.2. The zero-order chi connectivity index (χ0) is 20.4. The summed E-state index contributed by atoms with van der Waals surface area (Å²) in [6.45, 7) is 5.16. The van der Waals surface area contributed by atoms with E-state index in [2.05, 4.69) is 38.8 Å². The molecule has 0 aliphatic carbocycles. The standard InChI is InChI=1S/C21H30N6O2/c1-4-18-23-20(26(3)24-18)27-11-8-21(9-12-27)13-17(29-19(21)28)15-25(2)14-16-7-5-6-10-22-16/h5-7,10,17H,4,8-9,11-15H2,1-3H3. The Morgan fingerprint density at radius 3 is 2.76 bits per heavy atom. The molecule has 8 heteroatoms. The lowest BCUT2D eigenvalue weighted by Crippen LogP contribution is -2.43. The smallest absolute Gasteiger partial charge is 0.312 e. The highest BCUT2D eigenvalue weighted by atomic mass is 16.6. The van der Waals surface area contributed by atoms with Crippen LogP contribution < -0.4 is 4.90 Å². The number of ether oxygens (including phenoxy) is 1. The summed E-state index contributed by atoms with van der Waals surface area (Å²) >= 11 is 0. The molecule has 0 amide bonds. The lowest BCUT2D eigenvalue weighted by atomic mass is 9.76. The van der Waals surface area contributed by atoms with Crippen LogP contribution in [-0.4, -0.2) is 63.4 Å². The van der Waals surface area contributed by atoms with E-state index in [1.54, 1.807) is 0 Å². The zero-order valence-corrected chi connectivity index (χ0v) is 17.5. The Balaban J connectivity index is 1.34. The van der Waals surface area contributed by atoms with Crippen LogP contribution in [0.15, 0.2) is 24.4 Å². The monoisotopic (exact) mass is 398 g/mol. The SMILES string of the molecule is CCc1nc(N2CCC3(CC2)CC(CN(C)Cc2ccccn2)OC3=O)n(C)n1. The van der Waals surface area contributed by atoms with Crippen LogP contribution in [0.4, 0.5) is 5.95 Å². The molecule has 0 aromatic carbocycles. The number of cyclic esters (lactones) is 1. The minimum Gasteiger partial charge on any atom is -0.461 e. The van der Waals surface area contributed by atoms with Crippen molar-refractivity contribution >= 4 is 11.9 Å². The number of carbonyl (C=O) groups is 1. The Bertz CT molecular complexity index is 844. The van der Waals surface area contributed by atoms with E-state index in [9.17, 15) is 4.79 Å². The maximum absolute atomic E-state index is 12.8. The number of rotatable bonds is 6. The summed E-state index contributed by atoms with van der Waals surface area (Å²) in [7, 11) is 3.98. The molecule has 0 radical (unpaired) electrons. The Labute approximate surface area is 171 Å². The second kappa shape index (κ2) is 8.10. The van der Waals surface area contributed by atoms with Crippen molar-refractivity contribution in [2.45, 2.75) is 45.3 Å². The van der Waals surface area contributed by atoms with Crippen molar-refractivity contribution < 1.29 is 9.53 Å². The van der Waals surface area contributed by atoms with E-state index < -0.39 is 0 Å². The second-order valence-corrected chi connectivity index (χ2v) is 8.32. The topological polar surface area (TPSA) is 76.4 Å². The fraction of sp³-hybridized carbons (Fsp3) is 0.619. The van der Waals surface area contributed by atoms with Crippen LogP contribution in [0.1, 0.15) is 37.7 Å². The number of carbonyl (C=O) groups excluding carboxylic acids is 1. The molecule has 0 bridgehead atoms. The predicted molar refractivity (Wildman–Crippen MR) is 109 cm³/mol. The van der Waals surface area contributed by atoms with Crippen LogP contribution >= 0.6 is 0 Å². The van der Waals surface area contributed by atoms with Gasteiger partial charge in [-0.15, -0.1) is 0 Å². The number of hydrogen-bond acceptors (Lipinski definition) is 7. The first-order valence-electron chi connectivity index (χ1n) is 10.4.